The van der Waals surface area contributed by atoms with E-state index in [0.29, 0.717) is 0 Å². The Kier molecular flexibility index (Phi) is 4.16. The van der Waals surface area contributed by atoms with Crippen molar-refractivity contribution in [3.8, 4) is 0 Å². The van der Waals surface area contributed by atoms with Crippen LogP contribution >= 0.6 is 0 Å². The Labute approximate surface area is 110 Å². The highest BCUT2D eigenvalue weighted by Gasteiger charge is 2.37. The standard InChI is InChI=1S/C11H14FNO5S/c1-7-17-10(6-16-19(13,14)15)11(18-7)8-4-2-3-5-9(8)12/h2-5,7,10-11H,6H2,1H3,(H2,13,14,15)/t7?,10-,11-/m0/s1. The van der Waals surface area contributed by atoms with E-state index in [9.17, 15) is 12.8 Å². The summed E-state index contributed by atoms with van der Waals surface area (Å²) in [5.74, 6) is -0.453. The van der Waals surface area contributed by atoms with Gasteiger partial charge >= 0.3 is 10.3 Å². The van der Waals surface area contributed by atoms with Crippen LogP contribution in [0.2, 0.25) is 0 Å². The van der Waals surface area contributed by atoms with Gasteiger partial charge in [-0.25, -0.2) is 9.53 Å². The Morgan fingerprint density at radius 1 is 1.37 bits per heavy atom. The van der Waals surface area contributed by atoms with Gasteiger partial charge in [0.1, 0.15) is 18.0 Å². The minimum absolute atomic E-state index is 0.287. The summed E-state index contributed by atoms with van der Waals surface area (Å²) in [6.07, 6.45) is -2.07. The summed E-state index contributed by atoms with van der Waals surface area (Å²) in [4.78, 5) is 0. The van der Waals surface area contributed by atoms with E-state index in [1.807, 2.05) is 0 Å². The number of ether oxygens (including phenoxy) is 2. The zero-order valence-electron chi connectivity index (χ0n) is 10.2. The van der Waals surface area contributed by atoms with E-state index < -0.39 is 34.6 Å². The maximum atomic E-state index is 13.7. The summed E-state index contributed by atoms with van der Waals surface area (Å²) in [7, 11) is -4.07. The number of hydrogen-bond acceptors (Lipinski definition) is 5. The third-order valence-corrected chi connectivity index (χ3v) is 3.12. The summed E-state index contributed by atoms with van der Waals surface area (Å²) in [5.41, 5.74) is 0.287. The van der Waals surface area contributed by atoms with Gasteiger partial charge in [0.25, 0.3) is 0 Å². The van der Waals surface area contributed by atoms with Crippen molar-refractivity contribution in [3.63, 3.8) is 0 Å². The highest BCUT2D eigenvalue weighted by molar-refractivity contribution is 7.84. The molecule has 6 nitrogen and oxygen atoms in total. The molecule has 1 saturated heterocycles. The molecule has 2 rings (SSSR count). The smallest absolute Gasteiger partial charge is 0.333 e. The van der Waals surface area contributed by atoms with Gasteiger partial charge in [-0.1, -0.05) is 18.2 Å². The van der Waals surface area contributed by atoms with Crippen LogP contribution in [0.5, 0.6) is 0 Å². The lowest BCUT2D eigenvalue weighted by Gasteiger charge is -2.16. The molecule has 0 bridgehead atoms. The fraction of sp³-hybridized carbons (Fsp3) is 0.455. The van der Waals surface area contributed by atoms with Gasteiger partial charge in [0.15, 0.2) is 6.29 Å². The lowest BCUT2D eigenvalue weighted by Crippen LogP contribution is -2.27. The first-order valence-electron chi connectivity index (χ1n) is 5.59. The van der Waals surface area contributed by atoms with Crippen LogP contribution in [0.25, 0.3) is 0 Å². The lowest BCUT2D eigenvalue weighted by atomic mass is 10.0. The molecule has 8 heteroatoms. The highest BCUT2D eigenvalue weighted by Crippen LogP contribution is 2.33. The zero-order chi connectivity index (χ0) is 14.0. The van der Waals surface area contributed by atoms with E-state index in [-0.39, 0.29) is 12.2 Å². The van der Waals surface area contributed by atoms with Crippen LogP contribution in [0.1, 0.15) is 18.6 Å². The van der Waals surface area contributed by atoms with Crippen molar-refractivity contribution < 1.29 is 26.5 Å². The second kappa shape index (κ2) is 5.51. The van der Waals surface area contributed by atoms with Crippen LogP contribution < -0.4 is 5.14 Å². The molecule has 0 aliphatic carbocycles. The van der Waals surface area contributed by atoms with Crippen molar-refractivity contribution >= 4 is 10.3 Å². The van der Waals surface area contributed by atoms with Crippen LogP contribution in [0, 0.1) is 5.82 Å². The number of hydrogen-bond donors (Lipinski definition) is 1. The minimum atomic E-state index is -4.07. The second-order valence-corrected chi connectivity index (χ2v) is 5.32. The van der Waals surface area contributed by atoms with Gasteiger partial charge in [-0.3, -0.25) is 4.18 Å². The quantitative estimate of drug-likeness (QED) is 0.888. The molecular formula is C11H14FNO5S. The molecule has 1 aromatic rings. The second-order valence-electron chi connectivity index (χ2n) is 4.10. The lowest BCUT2D eigenvalue weighted by molar-refractivity contribution is -0.0551. The first-order valence-corrected chi connectivity index (χ1v) is 7.06. The molecule has 0 radical (unpaired) electrons. The largest absolute Gasteiger partial charge is 0.344 e. The topological polar surface area (TPSA) is 87.9 Å². The fourth-order valence-electron chi connectivity index (χ4n) is 1.91. The Morgan fingerprint density at radius 2 is 2.05 bits per heavy atom. The molecule has 0 spiro atoms. The van der Waals surface area contributed by atoms with E-state index in [0.717, 1.165) is 0 Å². The molecule has 1 aliphatic rings. The molecule has 1 heterocycles. The van der Waals surface area contributed by atoms with E-state index >= 15 is 0 Å². The van der Waals surface area contributed by atoms with Gasteiger partial charge in [-0.05, 0) is 13.0 Å². The Bertz CT molecular complexity index is 550. The fourth-order valence-corrected chi connectivity index (χ4v) is 2.24. The van der Waals surface area contributed by atoms with Crippen molar-refractivity contribution in [2.45, 2.75) is 25.4 Å². The average molecular weight is 291 g/mol. The number of nitrogens with two attached hydrogens (primary N) is 1. The molecule has 0 aromatic heterocycles. The Hall–Kier alpha value is -1.06. The van der Waals surface area contributed by atoms with Crippen LogP contribution in [-0.4, -0.2) is 27.4 Å². The predicted octanol–water partition coefficient (Wildman–Crippen LogP) is 0.848. The predicted molar refractivity (Wildman–Crippen MR) is 63.6 cm³/mol. The third kappa shape index (κ3) is 3.71. The van der Waals surface area contributed by atoms with Crippen LogP contribution in [-0.2, 0) is 24.0 Å². The van der Waals surface area contributed by atoms with Crippen LogP contribution in [0.4, 0.5) is 4.39 Å². The molecule has 0 amide bonds. The minimum Gasteiger partial charge on any atom is -0.344 e. The Balaban J connectivity index is 2.16. The zero-order valence-corrected chi connectivity index (χ0v) is 11.0. The van der Waals surface area contributed by atoms with Crippen LogP contribution in [0.3, 0.4) is 0 Å². The molecule has 1 unspecified atom stereocenters. The van der Waals surface area contributed by atoms with Crippen molar-refractivity contribution in [1.82, 2.24) is 0 Å². The molecular weight excluding hydrogens is 277 g/mol. The third-order valence-electron chi connectivity index (χ3n) is 2.65. The summed E-state index contributed by atoms with van der Waals surface area (Å²) in [5, 5.41) is 4.74. The maximum Gasteiger partial charge on any atom is 0.333 e. The summed E-state index contributed by atoms with van der Waals surface area (Å²) >= 11 is 0. The molecule has 106 valence electrons. The van der Waals surface area contributed by atoms with E-state index in [4.69, 9.17) is 14.6 Å². The maximum absolute atomic E-state index is 13.7. The van der Waals surface area contributed by atoms with Gasteiger partial charge < -0.3 is 9.47 Å². The van der Waals surface area contributed by atoms with Crippen LogP contribution in [0.15, 0.2) is 24.3 Å². The van der Waals surface area contributed by atoms with Crippen molar-refractivity contribution in [2.75, 3.05) is 6.61 Å². The molecule has 3 atom stereocenters. The Morgan fingerprint density at radius 3 is 2.68 bits per heavy atom. The molecule has 1 aromatic carbocycles. The number of benzene rings is 1. The average Bonchev–Trinajstić information content (AvgIpc) is 2.67. The summed E-state index contributed by atoms with van der Waals surface area (Å²) in [6, 6.07) is 6.04. The van der Waals surface area contributed by atoms with Gasteiger partial charge in [0.05, 0.1) is 6.61 Å². The van der Waals surface area contributed by atoms with E-state index in [1.165, 1.54) is 6.07 Å². The highest BCUT2D eigenvalue weighted by atomic mass is 32.2. The molecule has 2 N–H and O–H groups in total. The number of halogens is 1. The van der Waals surface area contributed by atoms with E-state index in [1.54, 1.807) is 25.1 Å². The molecule has 19 heavy (non-hydrogen) atoms. The first kappa shape index (κ1) is 14.4. The normalized spacial score (nSPS) is 27.6. The van der Waals surface area contributed by atoms with E-state index in [2.05, 4.69) is 4.18 Å². The van der Waals surface area contributed by atoms with Gasteiger partial charge in [-0.2, -0.15) is 8.42 Å². The van der Waals surface area contributed by atoms with Crippen molar-refractivity contribution in [3.05, 3.63) is 35.6 Å². The van der Waals surface area contributed by atoms with Crippen molar-refractivity contribution in [2.24, 2.45) is 5.14 Å². The molecule has 1 fully saturated rings. The molecule has 0 saturated carbocycles. The monoisotopic (exact) mass is 291 g/mol. The van der Waals surface area contributed by atoms with Gasteiger partial charge in [-0.15, -0.1) is 0 Å². The van der Waals surface area contributed by atoms with Gasteiger partial charge in [0.2, 0.25) is 0 Å². The SMILES string of the molecule is CC1O[C@@H](COS(N)(=O)=O)[C@H](c2ccccc2F)O1. The number of rotatable bonds is 4. The summed E-state index contributed by atoms with van der Waals surface area (Å²) in [6.45, 7) is 1.30. The first-order chi connectivity index (χ1) is 8.87. The molecule has 1 aliphatic heterocycles. The van der Waals surface area contributed by atoms with Gasteiger partial charge in [0, 0.05) is 5.56 Å². The summed E-state index contributed by atoms with van der Waals surface area (Å²) < 4.78 is 50.5. The van der Waals surface area contributed by atoms with Crippen molar-refractivity contribution in [1.29, 1.82) is 0 Å².